The van der Waals surface area contributed by atoms with Crippen LogP contribution in [0.1, 0.15) is 18.7 Å². The second-order valence-electron chi connectivity index (χ2n) is 3.29. The average Bonchev–Trinajstić information content (AvgIpc) is 2.51. The van der Waals surface area contributed by atoms with Gasteiger partial charge in [-0.1, -0.05) is 0 Å². The van der Waals surface area contributed by atoms with Crippen molar-refractivity contribution in [2.24, 2.45) is 5.73 Å². The fourth-order valence-corrected chi connectivity index (χ4v) is 1.35. The monoisotopic (exact) mass is 221 g/mol. The zero-order chi connectivity index (χ0) is 11.3. The summed E-state index contributed by atoms with van der Waals surface area (Å²) in [6.45, 7) is 0.797. The van der Waals surface area contributed by atoms with Crippen LogP contribution in [0.15, 0.2) is 12.4 Å². The fourth-order valence-electron chi connectivity index (χ4n) is 1.35. The molecule has 1 aromatic rings. The van der Waals surface area contributed by atoms with Gasteiger partial charge in [-0.3, -0.25) is 0 Å². The number of imidazole rings is 1. The van der Waals surface area contributed by atoms with Gasteiger partial charge in [0.2, 0.25) is 0 Å². The average molecular weight is 221 g/mol. The molecule has 3 nitrogen and oxygen atoms in total. The Labute approximate surface area is 86.1 Å². The Bertz CT molecular complexity index is 293. The number of halogens is 3. The van der Waals surface area contributed by atoms with Gasteiger partial charge in [-0.2, -0.15) is 13.2 Å². The van der Waals surface area contributed by atoms with Gasteiger partial charge in [0.25, 0.3) is 0 Å². The summed E-state index contributed by atoms with van der Waals surface area (Å²) in [5, 5.41) is 0. The SMILES string of the molecule is NCCc1nccn1CCCC(F)(F)F. The van der Waals surface area contributed by atoms with Crippen molar-refractivity contribution in [3.8, 4) is 0 Å². The van der Waals surface area contributed by atoms with Crippen LogP contribution in [0.4, 0.5) is 13.2 Å². The molecule has 15 heavy (non-hydrogen) atoms. The summed E-state index contributed by atoms with van der Waals surface area (Å²) < 4.78 is 37.4. The highest BCUT2D eigenvalue weighted by molar-refractivity contribution is 4.92. The Kier molecular flexibility index (Phi) is 4.14. The molecule has 6 heteroatoms. The molecule has 1 rings (SSSR count). The Morgan fingerprint density at radius 3 is 2.73 bits per heavy atom. The normalized spacial score (nSPS) is 12.0. The van der Waals surface area contributed by atoms with Gasteiger partial charge in [0.05, 0.1) is 0 Å². The van der Waals surface area contributed by atoms with Crippen LogP contribution in [0, 0.1) is 0 Å². The van der Waals surface area contributed by atoms with Gasteiger partial charge in [-0.05, 0) is 13.0 Å². The summed E-state index contributed by atoms with van der Waals surface area (Å²) in [7, 11) is 0. The molecule has 0 spiro atoms. The van der Waals surface area contributed by atoms with Crippen LogP contribution in [0.5, 0.6) is 0 Å². The molecule has 0 fully saturated rings. The summed E-state index contributed by atoms with van der Waals surface area (Å²) in [5.74, 6) is 0.750. The predicted molar refractivity (Wildman–Crippen MR) is 50.3 cm³/mol. The maximum Gasteiger partial charge on any atom is 0.389 e. The van der Waals surface area contributed by atoms with Crippen molar-refractivity contribution in [2.75, 3.05) is 6.54 Å². The molecule has 1 aromatic heterocycles. The van der Waals surface area contributed by atoms with E-state index in [4.69, 9.17) is 5.73 Å². The zero-order valence-electron chi connectivity index (χ0n) is 8.30. The van der Waals surface area contributed by atoms with E-state index in [-0.39, 0.29) is 6.42 Å². The number of hydrogen-bond donors (Lipinski definition) is 1. The topological polar surface area (TPSA) is 43.8 Å². The van der Waals surface area contributed by atoms with Crippen molar-refractivity contribution in [1.82, 2.24) is 9.55 Å². The van der Waals surface area contributed by atoms with Crippen molar-refractivity contribution in [3.63, 3.8) is 0 Å². The molecular weight excluding hydrogens is 207 g/mol. The molecular formula is C9H14F3N3. The van der Waals surface area contributed by atoms with Crippen molar-refractivity contribution < 1.29 is 13.2 Å². The lowest BCUT2D eigenvalue weighted by Gasteiger charge is -2.08. The summed E-state index contributed by atoms with van der Waals surface area (Å²) in [4.78, 5) is 4.02. The van der Waals surface area contributed by atoms with E-state index in [0.29, 0.717) is 19.5 Å². The molecule has 0 radical (unpaired) electrons. The number of aromatic nitrogens is 2. The van der Waals surface area contributed by atoms with Crippen LogP contribution in [0.3, 0.4) is 0 Å². The molecule has 0 aromatic carbocycles. The Morgan fingerprint density at radius 1 is 1.40 bits per heavy atom. The minimum absolute atomic E-state index is 0.0808. The number of alkyl halides is 3. The molecule has 0 amide bonds. The smallest absolute Gasteiger partial charge is 0.335 e. The van der Waals surface area contributed by atoms with E-state index in [2.05, 4.69) is 4.98 Å². The second kappa shape index (κ2) is 5.16. The first-order valence-corrected chi connectivity index (χ1v) is 4.80. The van der Waals surface area contributed by atoms with Crippen molar-refractivity contribution in [1.29, 1.82) is 0 Å². The third-order valence-corrected chi connectivity index (χ3v) is 2.03. The first-order valence-electron chi connectivity index (χ1n) is 4.80. The summed E-state index contributed by atoms with van der Waals surface area (Å²) in [6.07, 6.45) is -0.891. The first-order chi connectivity index (χ1) is 7.03. The lowest BCUT2D eigenvalue weighted by molar-refractivity contribution is -0.135. The Morgan fingerprint density at radius 2 is 2.13 bits per heavy atom. The summed E-state index contributed by atoms with van der Waals surface area (Å²) >= 11 is 0. The maximum absolute atomic E-state index is 11.9. The molecule has 86 valence electrons. The van der Waals surface area contributed by atoms with Crippen molar-refractivity contribution in [2.45, 2.75) is 32.0 Å². The quantitative estimate of drug-likeness (QED) is 0.822. The number of nitrogens with zero attached hydrogens (tertiary/aromatic N) is 2. The fraction of sp³-hybridized carbons (Fsp3) is 0.667. The van der Waals surface area contributed by atoms with Crippen LogP contribution in [0.2, 0.25) is 0 Å². The first kappa shape index (κ1) is 12.0. The number of aryl methyl sites for hydroxylation is 1. The van der Waals surface area contributed by atoms with E-state index >= 15 is 0 Å². The highest BCUT2D eigenvalue weighted by atomic mass is 19.4. The van der Waals surface area contributed by atoms with E-state index in [1.54, 1.807) is 17.0 Å². The van der Waals surface area contributed by atoms with Gasteiger partial charge >= 0.3 is 6.18 Å². The second-order valence-corrected chi connectivity index (χ2v) is 3.29. The van der Waals surface area contributed by atoms with Gasteiger partial charge in [0, 0.05) is 31.8 Å². The lowest BCUT2D eigenvalue weighted by Crippen LogP contribution is -2.12. The third kappa shape index (κ3) is 4.33. The predicted octanol–water partition coefficient (Wildman–Crippen LogP) is 1.73. The highest BCUT2D eigenvalue weighted by Crippen LogP contribution is 2.21. The van der Waals surface area contributed by atoms with Crippen molar-refractivity contribution >= 4 is 0 Å². The molecule has 0 saturated carbocycles. The van der Waals surface area contributed by atoms with E-state index in [1.165, 1.54) is 0 Å². The largest absolute Gasteiger partial charge is 0.389 e. The summed E-state index contributed by atoms with van der Waals surface area (Å²) in [5.41, 5.74) is 5.35. The van der Waals surface area contributed by atoms with Crippen LogP contribution in [-0.2, 0) is 13.0 Å². The van der Waals surface area contributed by atoms with Crippen LogP contribution < -0.4 is 5.73 Å². The maximum atomic E-state index is 11.9. The van der Waals surface area contributed by atoms with Crippen LogP contribution in [-0.4, -0.2) is 22.3 Å². The van der Waals surface area contributed by atoms with E-state index in [9.17, 15) is 13.2 Å². The molecule has 0 aliphatic rings. The third-order valence-electron chi connectivity index (χ3n) is 2.03. The number of rotatable bonds is 5. The molecule has 0 aliphatic carbocycles. The lowest BCUT2D eigenvalue weighted by atomic mass is 10.3. The molecule has 0 bridgehead atoms. The van der Waals surface area contributed by atoms with Gasteiger partial charge in [-0.15, -0.1) is 0 Å². The van der Waals surface area contributed by atoms with Gasteiger partial charge in [-0.25, -0.2) is 4.98 Å². The van der Waals surface area contributed by atoms with E-state index in [0.717, 1.165) is 5.82 Å². The molecule has 0 unspecified atom stereocenters. The molecule has 1 heterocycles. The van der Waals surface area contributed by atoms with E-state index in [1.807, 2.05) is 0 Å². The highest BCUT2D eigenvalue weighted by Gasteiger charge is 2.26. The standard InChI is InChI=1S/C9H14F3N3/c10-9(11,12)3-1-6-15-7-5-14-8(15)2-4-13/h5,7H,1-4,6,13H2. The van der Waals surface area contributed by atoms with Crippen LogP contribution in [0.25, 0.3) is 0 Å². The number of nitrogens with two attached hydrogens (primary N) is 1. The minimum Gasteiger partial charge on any atom is -0.335 e. The minimum atomic E-state index is -4.07. The van der Waals surface area contributed by atoms with Crippen molar-refractivity contribution in [3.05, 3.63) is 18.2 Å². The van der Waals surface area contributed by atoms with Gasteiger partial charge < -0.3 is 10.3 Å². The molecule has 0 saturated heterocycles. The molecule has 0 aliphatic heterocycles. The van der Waals surface area contributed by atoms with Gasteiger partial charge in [0.1, 0.15) is 5.82 Å². The number of hydrogen-bond acceptors (Lipinski definition) is 2. The molecule has 0 atom stereocenters. The Hall–Kier alpha value is -1.04. The van der Waals surface area contributed by atoms with Crippen LogP contribution >= 0.6 is 0 Å². The molecule has 2 N–H and O–H groups in total. The zero-order valence-corrected chi connectivity index (χ0v) is 8.30. The summed E-state index contributed by atoms with van der Waals surface area (Å²) in [6, 6.07) is 0. The Balaban J connectivity index is 2.40. The van der Waals surface area contributed by atoms with Gasteiger partial charge in [0.15, 0.2) is 0 Å². The van der Waals surface area contributed by atoms with E-state index < -0.39 is 12.6 Å².